The van der Waals surface area contributed by atoms with Gasteiger partial charge in [0.2, 0.25) is 15.0 Å². The monoisotopic (exact) mass is 285 g/mol. The molecular weight excluding hydrogens is 278 g/mol. The first-order valence-electron chi connectivity index (χ1n) is 5.03. The number of carbonyl (C=O) groups excluding carboxylic acids is 1. The van der Waals surface area contributed by atoms with E-state index < -0.39 is 14.3 Å². The van der Waals surface area contributed by atoms with E-state index in [1.807, 2.05) is 6.07 Å². The summed E-state index contributed by atoms with van der Waals surface area (Å²) in [4.78, 5) is 16.9. The molecule has 1 aromatic heterocycles. The van der Waals surface area contributed by atoms with E-state index >= 15 is 0 Å². The van der Waals surface area contributed by atoms with Gasteiger partial charge in [-0.05, 0) is 12.1 Å². The molecule has 1 fully saturated rings. The molecule has 8 heteroatoms. The number of aromatic nitrogens is 1. The minimum Gasteiger partial charge on any atom is -0.295 e. The number of nitrogens with zero attached hydrogens (tertiary/aromatic N) is 3. The second-order valence-electron chi connectivity index (χ2n) is 3.80. The van der Waals surface area contributed by atoms with E-state index in [4.69, 9.17) is 15.9 Å². The highest BCUT2D eigenvalue weighted by molar-refractivity contribution is 8.14. The molecule has 0 spiro atoms. The van der Waals surface area contributed by atoms with Gasteiger partial charge in [0.15, 0.2) is 0 Å². The van der Waals surface area contributed by atoms with Crippen molar-refractivity contribution in [3.8, 4) is 6.07 Å². The Morgan fingerprint density at radius 3 is 2.78 bits per heavy atom. The number of nitriles is 1. The fraction of sp³-hybridized carbons (Fsp3) is 0.300. The number of hydrogen-bond acceptors (Lipinski definition) is 5. The van der Waals surface area contributed by atoms with Crippen molar-refractivity contribution in [2.45, 2.75) is 11.7 Å². The predicted octanol–water partition coefficient (Wildman–Crippen LogP) is 0.627. The highest BCUT2D eigenvalue weighted by Gasteiger charge is 2.38. The molecule has 2 rings (SSSR count). The van der Waals surface area contributed by atoms with Crippen molar-refractivity contribution in [2.75, 3.05) is 11.4 Å². The van der Waals surface area contributed by atoms with Gasteiger partial charge in [0, 0.05) is 23.6 Å². The van der Waals surface area contributed by atoms with Gasteiger partial charge in [-0.3, -0.25) is 9.69 Å². The largest absolute Gasteiger partial charge is 0.295 e. The lowest BCUT2D eigenvalue weighted by molar-refractivity contribution is -0.117. The van der Waals surface area contributed by atoms with E-state index in [1.54, 1.807) is 12.1 Å². The highest BCUT2D eigenvalue weighted by atomic mass is 35.7. The van der Waals surface area contributed by atoms with Crippen molar-refractivity contribution in [3.63, 3.8) is 0 Å². The summed E-state index contributed by atoms with van der Waals surface area (Å²) in [5.74, 6) is -0.103. The summed E-state index contributed by atoms with van der Waals surface area (Å²) >= 11 is 0. The molecule has 1 aromatic rings. The minimum absolute atomic E-state index is 0.0352. The summed E-state index contributed by atoms with van der Waals surface area (Å²) in [6.07, 6.45) is -0.162. The molecule has 0 aromatic carbocycles. The Morgan fingerprint density at radius 2 is 2.22 bits per heavy atom. The maximum atomic E-state index is 11.7. The van der Waals surface area contributed by atoms with Gasteiger partial charge in [0.05, 0.1) is 0 Å². The molecule has 2 heterocycles. The number of hydrogen-bond donors (Lipinski definition) is 0. The van der Waals surface area contributed by atoms with Crippen LogP contribution in [-0.2, 0) is 13.8 Å². The van der Waals surface area contributed by atoms with Crippen LogP contribution in [0.5, 0.6) is 0 Å². The van der Waals surface area contributed by atoms with Crippen LogP contribution in [0.2, 0.25) is 0 Å². The topological polar surface area (TPSA) is 91.1 Å². The van der Waals surface area contributed by atoms with Crippen molar-refractivity contribution >= 4 is 31.5 Å². The SMILES string of the molecule is N#Cc1cccc(N2CC(S(=O)(=O)Cl)CC2=O)n1. The molecule has 1 unspecified atom stereocenters. The van der Waals surface area contributed by atoms with Crippen LogP contribution in [0.4, 0.5) is 5.82 Å². The summed E-state index contributed by atoms with van der Waals surface area (Å²) in [7, 11) is 1.46. The first-order chi connectivity index (χ1) is 8.41. The van der Waals surface area contributed by atoms with Crippen LogP contribution in [0, 0.1) is 11.3 Å². The highest BCUT2D eigenvalue weighted by Crippen LogP contribution is 2.25. The molecule has 94 valence electrons. The average Bonchev–Trinajstić information content (AvgIpc) is 2.71. The number of amides is 1. The van der Waals surface area contributed by atoms with E-state index in [2.05, 4.69) is 4.98 Å². The Hall–Kier alpha value is -1.65. The molecule has 0 bridgehead atoms. The standard InChI is InChI=1S/C10H8ClN3O3S/c11-18(16,17)8-4-10(15)14(6-8)9-3-1-2-7(5-12)13-9/h1-3,8H,4,6H2. The van der Waals surface area contributed by atoms with E-state index in [0.29, 0.717) is 0 Å². The third kappa shape index (κ3) is 2.44. The lowest BCUT2D eigenvalue weighted by Gasteiger charge is -2.14. The number of halogens is 1. The van der Waals surface area contributed by atoms with Crippen LogP contribution in [0.25, 0.3) is 0 Å². The normalized spacial score (nSPS) is 19.9. The summed E-state index contributed by atoms with van der Waals surface area (Å²) < 4.78 is 22.4. The Kier molecular flexibility index (Phi) is 3.24. The summed E-state index contributed by atoms with van der Waals surface area (Å²) in [6, 6.07) is 6.48. The molecule has 1 saturated heterocycles. The molecule has 1 amide bonds. The zero-order valence-corrected chi connectivity index (χ0v) is 10.6. The molecule has 0 N–H and O–H groups in total. The van der Waals surface area contributed by atoms with Gasteiger partial charge < -0.3 is 0 Å². The molecule has 1 aliphatic rings. The van der Waals surface area contributed by atoms with E-state index in [0.717, 1.165) is 0 Å². The zero-order valence-electron chi connectivity index (χ0n) is 9.08. The lowest BCUT2D eigenvalue weighted by atomic mass is 10.3. The molecule has 0 aliphatic carbocycles. The van der Waals surface area contributed by atoms with Gasteiger partial charge in [0.1, 0.15) is 22.8 Å². The molecule has 1 aliphatic heterocycles. The minimum atomic E-state index is -3.78. The van der Waals surface area contributed by atoms with Gasteiger partial charge in [-0.25, -0.2) is 13.4 Å². The fourth-order valence-electron chi connectivity index (χ4n) is 1.72. The predicted molar refractivity (Wildman–Crippen MR) is 64.5 cm³/mol. The van der Waals surface area contributed by atoms with E-state index in [1.165, 1.54) is 11.0 Å². The van der Waals surface area contributed by atoms with Crippen molar-refractivity contribution in [2.24, 2.45) is 0 Å². The molecule has 6 nitrogen and oxygen atoms in total. The lowest BCUT2D eigenvalue weighted by Crippen LogP contribution is -2.27. The number of carbonyl (C=O) groups is 1. The quantitative estimate of drug-likeness (QED) is 0.743. The summed E-state index contributed by atoms with van der Waals surface area (Å²) in [6.45, 7) is -0.0352. The first-order valence-corrected chi connectivity index (χ1v) is 7.40. The number of anilines is 1. The van der Waals surface area contributed by atoms with Gasteiger partial charge in [0.25, 0.3) is 0 Å². The van der Waals surface area contributed by atoms with Gasteiger partial charge in [-0.1, -0.05) is 6.07 Å². The Labute approximate surface area is 108 Å². The van der Waals surface area contributed by atoms with Crippen LogP contribution in [0.3, 0.4) is 0 Å². The van der Waals surface area contributed by atoms with E-state index in [9.17, 15) is 13.2 Å². The third-order valence-corrected chi connectivity index (χ3v) is 4.48. The van der Waals surface area contributed by atoms with Crippen LogP contribution >= 0.6 is 10.7 Å². The third-order valence-electron chi connectivity index (χ3n) is 2.61. The van der Waals surface area contributed by atoms with Crippen LogP contribution in [0.15, 0.2) is 18.2 Å². The van der Waals surface area contributed by atoms with Crippen molar-refractivity contribution in [1.82, 2.24) is 4.98 Å². The van der Waals surface area contributed by atoms with Crippen LogP contribution in [-0.4, -0.2) is 31.1 Å². The van der Waals surface area contributed by atoms with Gasteiger partial charge in [-0.15, -0.1) is 0 Å². The van der Waals surface area contributed by atoms with Crippen molar-refractivity contribution < 1.29 is 13.2 Å². The molecule has 18 heavy (non-hydrogen) atoms. The Balaban J connectivity index is 2.30. The van der Waals surface area contributed by atoms with Gasteiger partial charge in [-0.2, -0.15) is 5.26 Å². The molecule has 1 atom stereocenters. The maximum Gasteiger partial charge on any atom is 0.237 e. The number of pyridine rings is 1. The van der Waals surface area contributed by atoms with Crippen molar-refractivity contribution in [3.05, 3.63) is 23.9 Å². The maximum absolute atomic E-state index is 11.7. The summed E-state index contributed by atoms with van der Waals surface area (Å²) in [5, 5.41) is 7.79. The summed E-state index contributed by atoms with van der Waals surface area (Å²) in [5.41, 5.74) is 0.164. The molecule has 0 saturated carbocycles. The molecular formula is C10H8ClN3O3S. The van der Waals surface area contributed by atoms with Crippen molar-refractivity contribution in [1.29, 1.82) is 5.26 Å². The molecule has 0 radical (unpaired) electrons. The fourth-order valence-corrected chi connectivity index (χ4v) is 2.75. The smallest absolute Gasteiger partial charge is 0.237 e. The van der Waals surface area contributed by atoms with Gasteiger partial charge >= 0.3 is 0 Å². The zero-order chi connectivity index (χ0) is 13.3. The Morgan fingerprint density at radius 1 is 1.50 bits per heavy atom. The van der Waals surface area contributed by atoms with Crippen LogP contribution in [0.1, 0.15) is 12.1 Å². The second-order valence-corrected chi connectivity index (χ2v) is 6.71. The van der Waals surface area contributed by atoms with Crippen LogP contribution < -0.4 is 4.90 Å². The first kappa shape index (κ1) is 12.8. The average molecular weight is 286 g/mol. The Bertz CT molecular complexity index is 638. The number of rotatable bonds is 2. The second kappa shape index (κ2) is 4.55. The van der Waals surface area contributed by atoms with E-state index in [-0.39, 0.29) is 30.4 Å².